The van der Waals surface area contributed by atoms with E-state index in [1.54, 1.807) is 6.07 Å². The zero-order valence-corrected chi connectivity index (χ0v) is 11.7. The second kappa shape index (κ2) is 5.36. The lowest BCUT2D eigenvalue weighted by atomic mass is 10.3. The van der Waals surface area contributed by atoms with Gasteiger partial charge in [-0.1, -0.05) is 0 Å². The van der Waals surface area contributed by atoms with Crippen molar-refractivity contribution in [2.24, 2.45) is 0 Å². The highest BCUT2D eigenvalue weighted by Gasteiger charge is 2.33. The first kappa shape index (κ1) is 14.1. The fourth-order valence-electron chi connectivity index (χ4n) is 2.06. The summed E-state index contributed by atoms with van der Waals surface area (Å²) in [7, 11) is -0.737. The van der Waals surface area contributed by atoms with Crippen LogP contribution in [0.4, 0.5) is 0 Å². The molecule has 1 fully saturated rings. The summed E-state index contributed by atoms with van der Waals surface area (Å²) in [5, 5.41) is 9.46. The second-order valence-electron chi connectivity index (χ2n) is 4.32. The molecule has 0 aromatic heterocycles. The van der Waals surface area contributed by atoms with Gasteiger partial charge in [0.1, 0.15) is 16.4 Å². The number of hydrogen-bond acceptors (Lipinski definition) is 5. The van der Waals surface area contributed by atoms with Crippen molar-refractivity contribution in [3.63, 3.8) is 0 Å². The highest BCUT2D eigenvalue weighted by atomic mass is 32.2. The van der Waals surface area contributed by atoms with Crippen LogP contribution in [0, 0.1) is 0 Å². The lowest BCUT2D eigenvalue weighted by Gasteiger charge is -2.18. The van der Waals surface area contributed by atoms with Gasteiger partial charge in [0.25, 0.3) is 0 Å². The van der Waals surface area contributed by atoms with Crippen molar-refractivity contribution in [3.8, 4) is 11.5 Å². The van der Waals surface area contributed by atoms with E-state index in [1.807, 2.05) is 0 Å². The minimum absolute atomic E-state index is 0.0879. The van der Waals surface area contributed by atoms with Crippen molar-refractivity contribution in [2.75, 3.05) is 27.3 Å². The van der Waals surface area contributed by atoms with Crippen LogP contribution in [0.3, 0.4) is 0 Å². The molecule has 0 spiro atoms. The molecule has 1 atom stereocenters. The molecular weight excluding hydrogens is 270 g/mol. The van der Waals surface area contributed by atoms with E-state index in [1.165, 1.54) is 30.7 Å². The molecule has 0 amide bonds. The molecule has 1 N–H and O–H groups in total. The molecule has 1 aliphatic heterocycles. The second-order valence-corrected chi connectivity index (χ2v) is 6.23. The first-order valence-corrected chi connectivity index (χ1v) is 7.33. The van der Waals surface area contributed by atoms with Gasteiger partial charge < -0.3 is 14.6 Å². The summed E-state index contributed by atoms with van der Waals surface area (Å²) in [6.07, 6.45) is -0.142. The number of benzene rings is 1. The normalized spacial score (nSPS) is 20.5. The predicted octanol–water partition coefficient (Wildman–Crippen LogP) is 0.459. The zero-order chi connectivity index (χ0) is 14.0. The van der Waals surface area contributed by atoms with Gasteiger partial charge in [0.15, 0.2) is 0 Å². The van der Waals surface area contributed by atoms with Gasteiger partial charge in [-0.25, -0.2) is 8.42 Å². The Balaban J connectivity index is 2.40. The average molecular weight is 287 g/mol. The Morgan fingerprint density at radius 3 is 2.58 bits per heavy atom. The lowest BCUT2D eigenvalue weighted by Crippen LogP contribution is -2.30. The number of ether oxygens (including phenoxy) is 2. The summed E-state index contributed by atoms with van der Waals surface area (Å²) in [5.41, 5.74) is 0. The largest absolute Gasteiger partial charge is 0.497 e. The Morgan fingerprint density at radius 2 is 2.05 bits per heavy atom. The summed E-state index contributed by atoms with van der Waals surface area (Å²) >= 11 is 0. The third kappa shape index (κ3) is 2.68. The Morgan fingerprint density at radius 1 is 1.32 bits per heavy atom. The molecule has 106 valence electrons. The molecule has 0 bridgehead atoms. The van der Waals surface area contributed by atoms with Crippen LogP contribution in [0.5, 0.6) is 11.5 Å². The monoisotopic (exact) mass is 287 g/mol. The van der Waals surface area contributed by atoms with Gasteiger partial charge in [-0.3, -0.25) is 0 Å². The first-order valence-electron chi connectivity index (χ1n) is 5.89. The maximum Gasteiger partial charge on any atom is 0.246 e. The van der Waals surface area contributed by atoms with E-state index in [9.17, 15) is 13.5 Å². The molecule has 1 saturated heterocycles. The minimum atomic E-state index is -3.65. The van der Waals surface area contributed by atoms with Crippen molar-refractivity contribution in [1.29, 1.82) is 0 Å². The Kier molecular flexibility index (Phi) is 3.98. The van der Waals surface area contributed by atoms with Crippen molar-refractivity contribution < 1.29 is 23.0 Å². The van der Waals surface area contributed by atoms with Crippen LogP contribution in [-0.4, -0.2) is 51.2 Å². The SMILES string of the molecule is COc1ccc(S(=O)(=O)N2CC[C@@H](O)C2)c(OC)c1. The van der Waals surface area contributed by atoms with Crippen LogP contribution in [0.15, 0.2) is 23.1 Å². The number of nitrogens with zero attached hydrogens (tertiary/aromatic N) is 1. The number of aliphatic hydroxyl groups is 1. The van der Waals surface area contributed by atoms with E-state index < -0.39 is 16.1 Å². The van der Waals surface area contributed by atoms with Crippen LogP contribution in [0.25, 0.3) is 0 Å². The fourth-order valence-corrected chi connectivity index (χ4v) is 3.68. The summed E-state index contributed by atoms with van der Waals surface area (Å²) in [5.74, 6) is 0.762. The van der Waals surface area contributed by atoms with Gasteiger partial charge in [-0.15, -0.1) is 0 Å². The number of rotatable bonds is 4. The first-order chi connectivity index (χ1) is 8.98. The Hall–Kier alpha value is -1.31. The zero-order valence-electron chi connectivity index (χ0n) is 10.9. The van der Waals surface area contributed by atoms with Crippen LogP contribution in [-0.2, 0) is 10.0 Å². The summed E-state index contributed by atoms with van der Waals surface area (Å²) in [6, 6.07) is 4.55. The van der Waals surface area contributed by atoms with E-state index in [2.05, 4.69) is 0 Å². The number of hydrogen-bond donors (Lipinski definition) is 1. The molecule has 1 aliphatic rings. The van der Waals surface area contributed by atoms with Gasteiger partial charge in [-0.2, -0.15) is 4.31 Å². The van der Waals surface area contributed by atoms with E-state index >= 15 is 0 Å². The molecule has 1 aromatic rings. The Labute approximate surface area is 112 Å². The maximum atomic E-state index is 12.5. The highest BCUT2D eigenvalue weighted by Crippen LogP contribution is 2.31. The van der Waals surface area contributed by atoms with Crippen molar-refractivity contribution in [1.82, 2.24) is 4.31 Å². The van der Waals surface area contributed by atoms with Crippen molar-refractivity contribution in [3.05, 3.63) is 18.2 Å². The van der Waals surface area contributed by atoms with E-state index in [0.29, 0.717) is 18.7 Å². The standard InChI is InChI=1S/C12H17NO5S/c1-17-10-3-4-12(11(7-10)18-2)19(15,16)13-6-5-9(14)8-13/h3-4,7,9,14H,5-6,8H2,1-2H3/t9-/m1/s1. The fraction of sp³-hybridized carbons (Fsp3) is 0.500. The van der Waals surface area contributed by atoms with Crippen molar-refractivity contribution >= 4 is 10.0 Å². The van der Waals surface area contributed by atoms with Gasteiger partial charge in [0.05, 0.1) is 20.3 Å². The number of sulfonamides is 1. The summed E-state index contributed by atoms with van der Waals surface area (Å²) in [6.45, 7) is 0.441. The quantitative estimate of drug-likeness (QED) is 0.870. The topological polar surface area (TPSA) is 76.1 Å². The molecule has 6 nitrogen and oxygen atoms in total. The van der Waals surface area contributed by atoms with Gasteiger partial charge in [0, 0.05) is 19.2 Å². The molecular formula is C12H17NO5S. The molecule has 1 heterocycles. The minimum Gasteiger partial charge on any atom is -0.497 e. The molecule has 0 aliphatic carbocycles. The predicted molar refractivity (Wildman–Crippen MR) is 68.9 cm³/mol. The molecule has 1 aromatic carbocycles. The van der Waals surface area contributed by atoms with Gasteiger partial charge in [-0.05, 0) is 18.6 Å². The van der Waals surface area contributed by atoms with Crippen LogP contribution in [0.2, 0.25) is 0 Å². The summed E-state index contributed by atoms with van der Waals surface area (Å²) < 4.78 is 36.3. The van der Waals surface area contributed by atoms with Crippen LogP contribution in [0.1, 0.15) is 6.42 Å². The van der Waals surface area contributed by atoms with E-state index in [-0.39, 0.29) is 17.2 Å². The molecule has 2 rings (SSSR count). The molecule has 19 heavy (non-hydrogen) atoms. The highest BCUT2D eigenvalue weighted by molar-refractivity contribution is 7.89. The number of β-amino-alcohol motifs (C(OH)–C–C–N with tert-alkyl or cyclic N) is 1. The molecule has 0 radical (unpaired) electrons. The number of aliphatic hydroxyl groups excluding tert-OH is 1. The Bertz CT molecular complexity index is 557. The van der Waals surface area contributed by atoms with Gasteiger partial charge >= 0.3 is 0 Å². The van der Waals surface area contributed by atoms with Crippen molar-refractivity contribution in [2.45, 2.75) is 17.4 Å². The number of methoxy groups -OCH3 is 2. The average Bonchev–Trinajstić information content (AvgIpc) is 2.85. The third-order valence-corrected chi connectivity index (χ3v) is 5.02. The van der Waals surface area contributed by atoms with Crippen LogP contribution < -0.4 is 9.47 Å². The molecule has 0 saturated carbocycles. The van der Waals surface area contributed by atoms with E-state index in [0.717, 1.165) is 0 Å². The van der Waals surface area contributed by atoms with Crippen LogP contribution >= 0.6 is 0 Å². The smallest absolute Gasteiger partial charge is 0.246 e. The lowest BCUT2D eigenvalue weighted by molar-refractivity contribution is 0.189. The van der Waals surface area contributed by atoms with E-state index in [4.69, 9.17) is 9.47 Å². The molecule has 7 heteroatoms. The molecule has 0 unspecified atom stereocenters. The summed E-state index contributed by atoms with van der Waals surface area (Å²) in [4.78, 5) is 0.0879. The third-order valence-electron chi connectivity index (χ3n) is 3.11. The van der Waals surface area contributed by atoms with Gasteiger partial charge in [0.2, 0.25) is 10.0 Å². The maximum absolute atomic E-state index is 12.5.